The molecular formula is C18H14N2O2. The van der Waals surface area contributed by atoms with Gasteiger partial charge in [-0.25, -0.2) is 0 Å². The van der Waals surface area contributed by atoms with E-state index in [9.17, 15) is 20.1 Å². The van der Waals surface area contributed by atoms with Gasteiger partial charge >= 0.3 is 0 Å². The molecule has 0 unspecified atom stereocenters. The first-order valence-corrected chi connectivity index (χ1v) is 7.89. The van der Waals surface area contributed by atoms with Crippen molar-refractivity contribution in [2.24, 2.45) is 46.3 Å². The third-order valence-corrected chi connectivity index (χ3v) is 7.01. The maximum absolute atomic E-state index is 13.3. The second-order valence-electron chi connectivity index (χ2n) is 7.40. The summed E-state index contributed by atoms with van der Waals surface area (Å²) in [6.45, 7) is 0. The molecule has 0 aromatic carbocycles. The van der Waals surface area contributed by atoms with Crippen LogP contribution in [0.2, 0.25) is 0 Å². The number of hydrogen-bond acceptors (Lipinski definition) is 4. The zero-order valence-electron chi connectivity index (χ0n) is 11.9. The van der Waals surface area contributed by atoms with E-state index in [2.05, 4.69) is 12.1 Å². The van der Waals surface area contributed by atoms with Crippen LogP contribution in [-0.2, 0) is 9.59 Å². The van der Waals surface area contributed by atoms with Gasteiger partial charge in [0.25, 0.3) is 0 Å². The number of Topliss-reactive ketones (excluding diaryl/α,β-unsaturated/α-hetero) is 2. The van der Waals surface area contributed by atoms with Crippen molar-refractivity contribution in [2.75, 3.05) is 0 Å². The van der Waals surface area contributed by atoms with Crippen LogP contribution >= 0.6 is 0 Å². The summed E-state index contributed by atoms with van der Waals surface area (Å²) < 4.78 is 0. The minimum atomic E-state index is -1.45. The van der Waals surface area contributed by atoms with Gasteiger partial charge in [-0.1, -0.05) is 24.3 Å². The van der Waals surface area contributed by atoms with Crippen LogP contribution in [0.15, 0.2) is 24.3 Å². The number of rotatable bonds is 0. The Balaban J connectivity index is 1.82. The van der Waals surface area contributed by atoms with E-state index in [4.69, 9.17) is 0 Å². The standard InChI is InChI=1S/C18H14N2O2/c19-7-17-11-3-4-12(6-11)18(17,8-20)16(22)14-10-2-1-9(5-10)13(14)15(17)21/h1-4,9-14H,5-6H2/t9-,10+,11-,12-,13+,14+,17+,18-/m0/s1. The summed E-state index contributed by atoms with van der Waals surface area (Å²) in [4.78, 5) is 26.7. The summed E-state index contributed by atoms with van der Waals surface area (Å²) in [5.74, 6) is -1.41. The van der Waals surface area contributed by atoms with E-state index in [1.54, 1.807) is 0 Å². The van der Waals surface area contributed by atoms with E-state index in [1.807, 2.05) is 24.3 Å². The average Bonchev–Trinajstić information content (AvgIpc) is 3.29. The van der Waals surface area contributed by atoms with E-state index in [-0.39, 0.29) is 47.1 Å². The van der Waals surface area contributed by atoms with Gasteiger partial charge in [0.2, 0.25) is 0 Å². The zero-order chi connectivity index (χ0) is 15.3. The first-order chi connectivity index (χ1) is 10.6. The Morgan fingerprint density at radius 3 is 1.68 bits per heavy atom. The molecule has 4 nitrogen and oxygen atoms in total. The largest absolute Gasteiger partial charge is 0.297 e. The third kappa shape index (κ3) is 0.898. The molecule has 0 heterocycles. The highest BCUT2D eigenvalue weighted by molar-refractivity contribution is 6.10. The molecule has 0 N–H and O–H groups in total. The van der Waals surface area contributed by atoms with Crippen molar-refractivity contribution in [1.82, 2.24) is 0 Å². The fourth-order valence-corrected chi connectivity index (χ4v) is 6.20. The van der Waals surface area contributed by atoms with Crippen LogP contribution in [0, 0.1) is 69.0 Å². The van der Waals surface area contributed by atoms with Crippen LogP contribution in [0.5, 0.6) is 0 Å². The van der Waals surface area contributed by atoms with Gasteiger partial charge in [0.1, 0.15) is 10.8 Å². The van der Waals surface area contributed by atoms with Crippen molar-refractivity contribution >= 4 is 11.6 Å². The smallest absolute Gasteiger partial charge is 0.160 e. The molecule has 108 valence electrons. The number of fused-ring (bicyclic) bond motifs is 10. The summed E-state index contributed by atoms with van der Waals surface area (Å²) in [5, 5.41) is 19.8. The minimum absolute atomic E-state index is 0.0801. The summed E-state index contributed by atoms with van der Waals surface area (Å²) in [7, 11) is 0. The van der Waals surface area contributed by atoms with Crippen LogP contribution < -0.4 is 0 Å². The topological polar surface area (TPSA) is 81.7 Å². The molecule has 0 radical (unpaired) electrons. The number of allylic oxidation sites excluding steroid dienone is 4. The Bertz CT molecular complexity index is 720. The van der Waals surface area contributed by atoms with Gasteiger partial charge < -0.3 is 0 Å². The van der Waals surface area contributed by atoms with Gasteiger partial charge in [-0.3, -0.25) is 9.59 Å². The maximum Gasteiger partial charge on any atom is 0.160 e. The van der Waals surface area contributed by atoms with Crippen LogP contribution in [0.25, 0.3) is 0 Å². The highest BCUT2D eigenvalue weighted by Gasteiger charge is 2.80. The molecule has 3 fully saturated rings. The van der Waals surface area contributed by atoms with Gasteiger partial charge in [0.15, 0.2) is 11.6 Å². The molecule has 8 atom stereocenters. The summed E-state index contributed by atoms with van der Waals surface area (Å²) in [6.07, 6.45) is 9.24. The Kier molecular flexibility index (Phi) is 1.91. The highest BCUT2D eigenvalue weighted by atomic mass is 16.1. The SMILES string of the molecule is N#C[C@@]12C(=O)[C@H]3[C@H](C(=O)[C@]1(C#N)[C@H]1C=C[C@H]2C1)[C@@H]1C=C[C@H]3C1. The summed E-state index contributed by atoms with van der Waals surface area (Å²) in [5.41, 5.74) is -2.89. The van der Waals surface area contributed by atoms with Crippen LogP contribution in [-0.4, -0.2) is 11.6 Å². The fraction of sp³-hybridized carbons (Fsp3) is 0.556. The highest BCUT2D eigenvalue weighted by Crippen LogP contribution is 2.71. The molecule has 5 rings (SSSR count). The Labute approximate surface area is 128 Å². The maximum atomic E-state index is 13.3. The van der Waals surface area contributed by atoms with E-state index in [1.165, 1.54) is 0 Å². The van der Waals surface area contributed by atoms with E-state index < -0.39 is 10.8 Å². The number of carbonyl (C=O) groups excluding carboxylic acids is 2. The lowest BCUT2D eigenvalue weighted by Gasteiger charge is -2.49. The van der Waals surface area contributed by atoms with Crippen molar-refractivity contribution in [2.45, 2.75) is 12.8 Å². The molecule has 0 spiro atoms. The molecule has 3 saturated carbocycles. The molecule has 4 bridgehead atoms. The van der Waals surface area contributed by atoms with Gasteiger partial charge in [-0.05, 0) is 24.7 Å². The minimum Gasteiger partial charge on any atom is -0.297 e. The quantitative estimate of drug-likeness (QED) is 0.637. The zero-order valence-corrected chi connectivity index (χ0v) is 11.9. The normalized spacial score (nSPS) is 55.9. The van der Waals surface area contributed by atoms with Gasteiger partial charge in [0, 0.05) is 23.7 Å². The first-order valence-electron chi connectivity index (χ1n) is 7.89. The van der Waals surface area contributed by atoms with E-state index in [0.29, 0.717) is 6.42 Å². The van der Waals surface area contributed by atoms with Crippen LogP contribution in [0.4, 0.5) is 0 Å². The number of hydrogen-bond donors (Lipinski definition) is 0. The lowest BCUT2D eigenvalue weighted by Crippen LogP contribution is -2.63. The predicted molar refractivity (Wildman–Crippen MR) is 74.6 cm³/mol. The van der Waals surface area contributed by atoms with Crippen molar-refractivity contribution in [3.63, 3.8) is 0 Å². The second kappa shape index (κ2) is 3.41. The lowest BCUT2D eigenvalue weighted by atomic mass is 9.46. The molecule has 0 aromatic rings. The van der Waals surface area contributed by atoms with E-state index >= 15 is 0 Å². The number of nitrogens with zero attached hydrogens (tertiary/aromatic N) is 2. The lowest BCUT2D eigenvalue weighted by molar-refractivity contribution is -0.158. The van der Waals surface area contributed by atoms with Gasteiger partial charge in [-0.2, -0.15) is 10.5 Å². The first kappa shape index (κ1) is 12.4. The Morgan fingerprint density at radius 2 is 1.27 bits per heavy atom. The molecule has 5 aliphatic carbocycles. The predicted octanol–water partition coefficient (Wildman–Crippen LogP) is 1.80. The van der Waals surface area contributed by atoms with Crippen LogP contribution in [0.1, 0.15) is 12.8 Å². The van der Waals surface area contributed by atoms with Crippen molar-refractivity contribution in [1.29, 1.82) is 10.5 Å². The monoisotopic (exact) mass is 290 g/mol. The Morgan fingerprint density at radius 1 is 0.818 bits per heavy atom. The molecule has 4 heteroatoms. The summed E-state index contributed by atoms with van der Waals surface area (Å²) in [6, 6.07) is 4.37. The average molecular weight is 290 g/mol. The molecule has 0 saturated heterocycles. The van der Waals surface area contributed by atoms with Crippen molar-refractivity contribution < 1.29 is 9.59 Å². The van der Waals surface area contributed by atoms with E-state index in [0.717, 1.165) is 6.42 Å². The molecule has 0 aliphatic heterocycles. The molecule has 5 aliphatic rings. The number of nitriles is 2. The third-order valence-electron chi connectivity index (χ3n) is 7.01. The number of carbonyl (C=O) groups is 2. The van der Waals surface area contributed by atoms with Gasteiger partial charge in [-0.15, -0.1) is 0 Å². The van der Waals surface area contributed by atoms with Crippen molar-refractivity contribution in [3.8, 4) is 12.1 Å². The van der Waals surface area contributed by atoms with Crippen LogP contribution in [0.3, 0.4) is 0 Å². The number of ketones is 2. The molecule has 0 aromatic heterocycles. The molecule has 0 amide bonds. The molecular weight excluding hydrogens is 276 g/mol. The summed E-state index contributed by atoms with van der Waals surface area (Å²) >= 11 is 0. The Hall–Kier alpha value is -2.20. The van der Waals surface area contributed by atoms with Gasteiger partial charge in [0.05, 0.1) is 12.1 Å². The molecule has 22 heavy (non-hydrogen) atoms. The fourth-order valence-electron chi connectivity index (χ4n) is 6.20. The van der Waals surface area contributed by atoms with Crippen molar-refractivity contribution in [3.05, 3.63) is 24.3 Å². The second-order valence-corrected chi connectivity index (χ2v) is 7.40.